The van der Waals surface area contributed by atoms with Crippen LogP contribution in [0.1, 0.15) is 23.2 Å². The number of nitrogens with zero attached hydrogens (tertiary/aromatic N) is 2. The Labute approximate surface area is 144 Å². The maximum atomic E-state index is 11.9. The van der Waals surface area contributed by atoms with E-state index in [4.69, 9.17) is 9.84 Å². The van der Waals surface area contributed by atoms with Gasteiger partial charge >= 0.3 is 5.97 Å². The molecule has 1 aliphatic rings. The molecule has 1 amide bonds. The molecule has 1 N–H and O–H groups in total. The van der Waals surface area contributed by atoms with Gasteiger partial charge in [0.1, 0.15) is 12.4 Å². The molecule has 1 fully saturated rings. The van der Waals surface area contributed by atoms with Crippen molar-refractivity contribution in [1.29, 1.82) is 0 Å². The summed E-state index contributed by atoms with van der Waals surface area (Å²) in [6.07, 6.45) is 1.42. The van der Waals surface area contributed by atoms with Gasteiger partial charge in [-0.3, -0.25) is 9.80 Å². The summed E-state index contributed by atoms with van der Waals surface area (Å²) in [5, 5.41) is 12.4. The molecule has 2 rings (SSSR count). The minimum atomic E-state index is -0.966. The van der Waals surface area contributed by atoms with Crippen molar-refractivity contribution >= 4 is 11.9 Å². The van der Waals surface area contributed by atoms with E-state index in [1.54, 1.807) is 17.1 Å². The topological polar surface area (TPSA) is 70.1 Å². The maximum absolute atomic E-state index is 11.9. The summed E-state index contributed by atoms with van der Waals surface area (Å²) in [5.74, 6) is -0.285. The zero-order valence-corrected chi connectivity index (χ0v) is 15.2. The van der Waals surface area contributed by atoms with Crippen LogP contribution < -0.4 is 4.74 Å². The van der Waals surface area contributed by atoms with Crippen LogP contribution in [0.4, 0.5) is 0 Å². The van der Waals surface area contributed by atoms with Crippen LogP contribution in [0.15, 0.2) is 24.3 Å². The Balaban J connectivity index is 0.00000242. The van der Waals surface area contributed by atoms with Crippen LogP contribution >= 0.6 is 0 Å². The third-order valence-corrected chi connectivity index (χ3v) is 3.37. The molecule has 7 heteroatoms. The van der Waals surface area contributed by atoms with Gasteiger partial charge in [0.2, 0.25) is 5.91 Å². The molecule has 0 atom stereocenters. The Kier molecular flexibility index (Phi) is 7.55. The van der Waals surface area contributed by atoms with Crippen molar-refractivity contribution in [2.75, 3.05) is 26.2 Å². The van der Waals surface area contributed by atoms with E-state index < -0.39 is 5.97 Å². The van der Waals surface area contributed by atoms with E-state index in [1.807, 2.05) is 5.01 Å². The average Bonchev–Trinajstić information content (AvgIpc) is 2.49. The second kappa shape index (κ2) is 8.91. The van der Waals surface area contributed by atoms with Crippen LogP contribution in [0.5, 0.6) is 5.75 Å². The number of carboxylic acid groups (broad SMARTS) is 1. The van der Waals surface area contributed by atoms with E-state index in [0.717, 1.165) is 13.0 Å². The van der Waals surface area contributed by atoms with E-state index in [9.17, 15) is 9.59 Å². The summed E-state index contributed by atoms with van der Waals surface area (Å²) < 4.78 is 5.55. The van der Waals surface area contributed by atoms with E-state index in [1.165, 1.54) is 12.1 Å². The van der Waals surface area contributed by atoms with Crippen molar-refractivity contribution in [3.63, 3.8) is 0 Å². The number of rotatable bonds is 6. The van der Waals surface area contributed by atoms with Gasteiger partial charge in [0, 0.05) is 34.0 Å². The van der Waals surface area contributed by atoms with Gasteiger partial charge in [-0.25, -0.2) is 9.80 Å². The standard InChI is InChI=1S/C15H19N2O4.W/c1-2-16-9-3-4-14(18)17(16)10-11-21-13-7-5-12(6-8-13)15(19)20;/h5-8H,1-4,9-11H2,(H,19,20);/q-1;. The van der Waals surface area contributed by atoms with Gasteiger partial charge in [-0.1, -0.05) is 0 Å². The number of carbonyl (C=O) groups excluding carboxylic acids is 1. The molecule has 22 heavy (non-hydrogen) atoms. The molecule has 6 nitrogen and oxygen atoms in total. The third-order valence-electron chi connectivity index (χ3n) is 3.37. The monoisotopic (exact) mass is 475 g/mol. The van der Waals surface area contributed by atoms with Gasteiger partial charge in [-0.2, -0.15) is 0 Å². The predicted molar refractivity (Wildman–Crippen MR) is 76.8 cm³/mol. The van der Waals surface area contributed by atoms with Crippen molar-refractivity contribution in [2.45, 2.75) is 12.8 Å². The second-order valence-electron chi connectivity index (χ2n) is 4.75. The van der Waals surface area contributed by atoms with Crippen LogP contribution in [0.25, 0.3) is 0 Å². The minimum absolute atomic E-state index is 0. The molecule has 0 bridgehead atoms. The Morgan fingerprint density at radius 1 is 1.32 bits per heavy atom. The number of benzene rings is 1. The van der Waals surface area contributed by atoms with Crippen LogP contribution in [-0.2, 0) is 25.9 Å². The van der Waals surface area contributed by atoms with E-state index in [0.29, 0.717) is 31.9 Å². The fraction of sp³-hybridized carbons (Fsp3) is 0.400. The van der Waals surface area contributed by atoms with E-state index in [-0.39, 0.29) is 32.5 Å². The Morgan fingerprint density at radius 3 is 2.59 bits per heavy atom. The van der Waals surface area contributed by atoms with Gasteiger partial charge in [-0.15, -0.1) is 6.54 Å². The number of amides is 1. The first-order valence-corrected chi connectivity index (χ1v) is 6.92. The number of hydrazine groups is 1. The first kappa shape index (κ1) is 18.7. The average molecular weight is 475 g/mol. The number of carbonyl (C=O) groups is 2. The van der Waals surface area contributed by atoms with Crippen molar-refractivity contribution < 1.29 is 40.5 Å². The molecule has 0 radical (unpaired) electrons. The Bertz CT molecular complexity index is 507. The quantitative estimate of drug-likeness (QED) is 0.631. The van der Waals surface area contributed by atoms with E-state index in [2.05, 4.69) is 6.92 Å². The van der Waals surface area contributed by atoms with Gasteiger partial charge in [0.25, 0.3) is 0 Å². The van der Waals surface area contributed by atoms with Crippen molar-refractivity contribution in [1.82, 2.24) is 10.0 Å². The molecule has 1 aromatic carbocycles. The molecule has 1 aromatic rings. The summed E-state index contributed by atoms with van der Waals surface area (Å²) in [5.41, 5.74) is 0.219. The summed E-state index contributed by atoms with van der Waals surface area (Å²) in [7, 11) is 0. The largest absolute Gasteiger partial charge is 0.492 e. The summed E-state index contributed by atoms with van der Waals surface area (Å²) >= 11 is 0. The summed E-state index contributed by atoms with van der Waals surface area (Å²) in [4.78, 5) is 22.6. The molecular weight excluding hydrogens is 456 g/mol. The molecule has 1 heterocycles. The predicted octanol–water partition coefficient (Wildman–Crippen LogP) is 1.43. The molecule has 0 aromatic heterocycles. The normalized spacial score (nSPS) is 15.3. The minimum Gasteiger partial charge on any atom is -0.492 e. The van der Waals surface area contributed by atoms with Crippen LogP contribution in [0.2, 0.25) is 0 Å². The Morgan fingerprint density at radius 2 is 2.00 bits per heavy atom. The second-order valence-corrected chi connectivity index (χ2v) is 4.75. The molecule has 0 spiro atoms. The van der Waals surface area contributed by atoms with Crippen LogP contribution in [0, 0.1) is 6.92 Å². The van der Waals surface area contributed by atoms with E-state index >= 15 is 0 Å². The van der Waals surface area contributed by atoms with Crippen LogP contribution in [0.3, 0.4) is 0 Å². The first-order valence-electron chi connectivity index (χ1n) is 6.92. The number of carboxylic acids is 1. The van der Waals surface area contributed by atoms with Gasteiger partial charge in [0.05, 0.1) is 12.1 Å². The zero-order valence-electron chi connectivity index (χ0n) is 12.2. The smallest absolute Gasteiger partial charge is 0.335 e. The molecule has 0 saturated carbocycles. The number of aromatic carboxylic acids is 1. The van der Waals surface area contributed by atoms with Crippen molar-refractivity contribution in [3.8, 4) is 5.75 Å². The molecule has 1 saturated heterocycles. The summed E-state index contributed by atoms with van der Waals surface area (Å²) in [6.45, 7) is 6.04. The summed E-state index contributed by atoms with van der Waals surface area (Å²) in [6, 6.07) is 6.21. The van der Waals surface area contributed by atoms with Crippen molar-refractivity contribution in [3.05, 3.63) is 36.8 Å². The SMILES string of the molecule is [CH2-]CN1CCCC(=O)N1CCOc1ccc(C(=O)O)cc1.[W]. The number of hydrogen-bond acceptors (Lipinski definition) is 4. The maximum Gasteiger partial charge on any atom is 0.335 e. The van der Waals surface area contributed by atoms with Crippen molar-refractivity contribution in [2.24, 2.45) is 0 Å². The van der Waals surface area contributed by atoms with Gasteiger partial charge < -0.3 is 16.8 Å². The van der Waals surface area contributed by atoms with Crippen LogP contribution in [-0.4, -0.2) is 53.2 Å². The number of hydrogen-bond donors (Lipinski definition) is 1. The molecule has 0 aliphatic carbocycles. The molecule has 0 unspecified atom stereocenters. The van der Waals surface area contributed by atoms with Gasteiger partial charge in [0.15, 0.2) is 0 Å². The third kappa shape index (κ3) is 4.82. The Hall–Kier alpha value is -1.39. The van der Waals surface area contributed by atoms with Gasteiger partial charge in [-0.05, 0) is 30.7 Å². The molecule has 120 valence electrons. The first-order chi connectivity index (χ1) is 10.1. The number of ether oxygens (including phenoxy) is 1. The fourth-order valence-electron chi connectivity index (χ4n) is 2.26. The molecule has 1 aliphatic heterocycles. The zero-order chi connectivity index (χ0) is 15.2. The molecular formula is C15H19N2O4W-. The fourth-order valence-corrected chi connectivity index (χ4v) is 2.26.